The number of carbonyl (C=O) groups excluding carboxylic acids is 1. The molecular weight excluding hydrogens is 240 g/mol. The summed E-state index contributed by atoms with van der Waals surface area (Å²) in [6.07, 6.45) is 0.913. The quantitative estimate of drug-likeness (QED) is 0.851. The first-order valence-corrected chi connectivity index (χ1v) is 5.89. The normalized spacial score (nSPS) is 9.82. The van der Waals surface area contributed by atoms with Crippen LogP contribution in [0.25, 0.3) is 0 Å². The zero-order valence-corrected chi connectivity index (χ0v) is 10.8. The van der Waals surface area contributed by atoms with Gasteiger partial charge in [0.05, 0.1) is 7.11 Å². The summed E-state index contributed by atoms with van der Waals surface area (Å²) in [6.45, 7) is 3.07. The summed E-state index contributed by atoms with van der Waals surface area (Å²) in [4.78, 5) is 11.3. The fraction of sp³-hybridized carbons (Fsp3) is 0.417. The number of ether oxygens (including phenoxy) is 1. The van der Waals surface area contributed by atoms with Crippen LogP contribution in [0.1, 0.15) is 18.9 Å². The van der Waals surface area contributed by atoms with Crippen molar-refractivity contribution in [3.8, 4) is 5.75 Å². The summed E-state index contributed by atoms with van der Waals surface area (Å²) in [7, 11) is 1.59. The van der Waals surface area contributed by atoms with Gasteiger partial charge in [0.1, 0.15) is 5.75 Å². The zero-order chi connectivity index (χ0) is 12.7. The van der Waals surface area contributed by atoms with E-state index in [0.29, 0.717) is 23.9 Å². The Morgan fingerprint density at radius 2 is 2.18 bits per heavy atom. The molecule has 0 atom stereocenters. The van der Waals surface area contributed by atoms with Crippen LogP contribution in [0.4, 0.5) is 4.79 Å². The van der Waals surface area contributed by atoms with E-state index in [-0.39, 0.29) is 6.03 Å². The molecule has 0 radical (unpaired) electrons. The van der Waals surface area contributed by atoms with Crippen LogP contribution < -0.4 is 15.4 Å². The van der Waals surface area contributed by atoms with E-state index in [1.54, 1.807) is 13.2 Å². The van der Waals surface area contributed by atoms with E-state index in [9.17, 15) is 4.79 Å². The second-order valence-corrected chi connectivity index (χ2v) is 3.97. The van der Waals surface area contributed by atoms with E-state index < -0.39 is 0 Å². The average molecular weight is 257 g/mol. The van der Waals surface area contributed by atoms with Crippen molar-refractivity contribution in [1.29, 1.82) is 0 Å². The van der Waals surface area contributed by atoms with E-state index in [0.717, 1.165) is 12.0 Å². The van der Waals surface area contributed by atoms with Gasteiger partial charge in [0.25, 0.3) is 0 Å². The van der Waals surface area contributed by atoms with Crippen LogP contribution in [-0.4, -0.2) is 19.7 Å². The highest BCUT2D eigenvalue weighted by atomic mass is 35.5. The molecule has 0 heterocycles. The molecule has 2 N–H and O–H groups in total. The first-order valence-electron chi connectivity index (χ1n) is 5.51. The number of hydrogen-bond acceptors (Lipinski definition) is 2. The highest BCUT2D eigenvalue weighted by Crippen LogP contribution is 2.21. The Labute approximate surface area is 106 Å². The fourth-order valence-corrected chi connectivity index (χ4v) is 1.51. The van der Waals surface area contributed by atoms with Crippen molar-refractivity contribution >= 4 is 17.6 Å². The summed E-state index contributed by atoms with van der Waals surface area (Å²) in [5.41, 5.74) is 0.860. The van der Waals surface area contributed by atoms with Crippen molar-refractivity contribution in [3.63, 3.8) is 0 Å². The molecule has 0 aliphatic carbocycles. The summed E-state index contributed by atoms with van der Waals surface area (Å²) in [5.74, 6) is 0.703. The number of carbonyl (C=O) groups is 1. The third-order valence-electron chi connectivity index (χ3n) is 2.24. The van der Waals surface area contributed by atoms with Crippen molar-refractivity contribution < 1.29 is 9.53 Å². The largest absolute Gasteiger partial charge is 0.497 e. The van der Waals surface area contributed by atoms with Crippen molar-refractivity contribution in [2.24, 2.45) is 0 Å². The lowest BCUT2D eigenvalue weighted by atomic mass is 10.2. The van der Waals surface area contributed by atoms with Crippen molar-refractivity contribution in [3.05, 3.63) is 28.8 Å². The smallest absolute Gasteiger partial charge is 0.315 e. The van der Waals surface area contributed by atoms with Crippen LogP contribution in [0.5, 0.6) is 5.75 Å². The average Bonchev–Trinajstić information content (AvgIpc) is 2.34. The summed E-state index contributed by atoms with van der Waals surface area (Å²) in [6, 6.07) is 5.19. The highest BCUT2D eigenvalue weighted by Gasteiger charge is 2.04. The van der Waals surface area contributed by atoms with Crippen LogP contribution in [0.3, 0.4) is 0 Å². The SMILES string of the molecule is CCCNC(=O)NCc1ccc(OC)cc1Cl. The lowest BCUT2D eigenvalue weighted by Gasteiger charge is -2.09. The highest BCUT2D eigenvalue weighted by molar-refractivity contribution is 6.31. The Kier molecular flexibility index (Phi) is 5.63. The molecule has 0 saturated heterocycles. The Balaban J connectivity index is 2.49. The van der Waals surface area contributed by atoms with Gasteiger partial charge in [0, 0.05) is 18.1 Å². The van der Waals surface area contributed by atoms with Gasteiger partial charge in [-0.3, -0.25) is 0 Å². The van der Waals surface area contributed by atoms with Gasteiger partial charge < -0.3 is 15.4 Å². The molecule has 0 unspecified atom stereocenters. The van der Waals surface area contributed by atoms with Crippen LogP contribution in [0, 0.1) is 0 Å². The minimum Gasteiger partial charge on any atom is -0.497 e. The van der Waals surface area contributed by atoms with E-state index in [1.807, 2.05) is 19.1 Å². The van der Waals surface area contributed by atoms with E-state index in [4.69, 9.17) is 16.3 Å². The maximum atomic E-state index is 11.3. The lowest BCUT2D eigenvalue weighted by molar-refractivity contribution is 0.240. The molecular formula is C12H17ClN2O2. The maximum absolute atomic E-state index is 11.3. The van der Waals surface area contributed by atoms with E-state index in [1.165, 1.54) is 0 Å². The third kappa shape index (κ3) is 4.53. The van der Waals surface area contributed by atoms with Crippen LogP contribution in [0.15, 0.2) is 18.2 Å². The molecule has 1 aromatic rings. The molecule has 1 rings (SSSR count). The first kappa shape index (κ1) is 13.6. The van der Waals surface area contributed by atoms with Crippen molar-refractivity contribution in [1.82, 2.24) is 10.6 Å². The number of benzene rings is 1. The molecule has 0 aliphatic heterocycles. The number of amides is 2. The Morgan fingerprint density at radius 1 is 1.41 bits per heavy atom. The van der Waals surface area contributed by atoms with Gasteiger partial charge in [-0.05, 0) is 24.1 Å². The fourth-order valence-electron chi connectivity index (χ4n) is 1.27. The summed E-state index contributed by atoms with van der Waals surface area (Å²) in [5, 5.41) is 6.05. The molecule has 0 aliphatic rings. The minimum atomic E-state index is -0.182. The predicted molar refractivity (Wildman–Crippen MR) is 68.5 cm³/mol. The predicted octanol–water partition coefficient (Wildman–Crippen LogP) is 2.56. The van der Waals surface area contributed by atoms with Gasteiger partial charge in [-0.2, -0.15) is 0 Å². The van der Waals surface area contributed by atoms with Crippen LogP contribution in [-0.2, 0) is 6.54 Å². The number of rotatable bonds is 5. The monoisotopic (exact) mass is 256 g/mol. The van der Waals surface area contributed by atoms with Crippen molar-refractivity contribution in [2.45, 2.75) is 19.9 Å². The second kappa shape index (κ2) is 7.01. The van der Waals surface area contributed by atoms with Gasteiger partial charge in [0.2, 0.25) is 0 Å². The Hall–Kier alpha value is -1.42. The third-order valence-corrected chi connectivity index (χ3v) is 2.59. The summed E-state index contributed by atoms with van der Waals surface area (Å²) < 4.78 is 5.04. The topological polar surface area (TPSA) is 50.4 Å². The van der Waals surface area contributed by atoms with Crippen molar-refractivity contribution in [2.75, 3.05) is 13.7 Å². The molecule has 17 heavy (non-hydrogen) atoms. The van der Waals surface area contributed by atoms with Gasteiger partial charge in [0.15, 0.2) is 0 Å². The van der Waals surface area contributed by atoms with Gasteiger partial charge >= 0.3 is 6.03 Å². The molecule has 0 fully saturated rings. The standard InChI is InChI=1S/C12H17ClN2O2/c1-3-6-14-12(16)15-8-9-4-5-10(17-2)7-11(9)13/h4-5,7H,3,6,8H2,1-2H3,(H2,14,15,16). The number of halogens is 1. The minimum absolute atomic E-state index is 0.182. The Bertz CT molecular complexity index is 383. The maximum Gasteiger partial charge on any atom is 0.315 e. The van der Waals surface area contributed by atoms with Gasteiger partial charge in [-0.1, -0.05) is 24.6 Å². The number of methoxy groups -OCH3 is 1. The lowest BCUT2D eigenvalue weighted by Crippen LogP contribution is -2.35. The van der Waals surface area contributed by atoms with Gasteiger partial charge in [-0.15, -0.1) is 0 Å². The van der Waals surface area contributed by atoms with E-state index in [2.05, 4.69) is 10.6 Å². The molecule has 94 valence electrons. The Morgan fingerprint density at radius 3 is 2.76 bits per heavy atom. The number of nitrogens with one attached hydrogen (secondary N) is 2. The molecule has 5 heteroatoms. The molecule has 1 aromatic carbocycles. The summed E-state index contributed by atoms with van der Waals surface area (Å²) >= 11 is 6.04. The molecule has 0 bridgehead atoms. The van der Waals surface area contributed by atoms with Crippen LogP contribution >= 0.6 is 11.6 Å². The molecule has 0 spiro atoms. The number of hydrogen-bond donors (Lipinski definition) is 2. The molecule has 0 aromatic heterocycles. The molecule has 0 saturated carbocycles. The number of urea groups is 1. The van der Waals surface area contributed by atoms with E-state index >= 15 is 0 Å². The molecule has 2 amide bonds. The second-order valence-electron chi connectivity index (χ2n) is 3.57. The zero-order valence-electron chi connectivity index (χ0n) is 10.0. The van der Waals surface area contributed by atoms with Crippen LogP contribution in [0.2, 0.25) is 5.02 Å². The first-order chi connectivity index (χ1) is 8.17. The van der Waals surface area contributed by atoms with Gasteiger partial charge in [-0.25, -0.2) is 4.79 Å². The molecule has 4 nitrogen and oxygen atoms in total.